The van der Waals surface area contributed by atoms with E-state index in [1.807, 2.05) is 24.4 Å². The minimum atomic E-state index is -0.101. The summed E-state index contributed by atoms with van der Waals surface area (Å²) >= 11 is 0. The van der Waals surface area contributed by atoms with Gasteiger partial charge >= 0.3 is 0 Å². The summed E-state index contributed by atoms with van der Waals surface area (Å²) in [6, 6.07) is 12.7. The first-order valence-electron chi connectivity index (χ1n) is 8.28. The summed E-state index contributed by atoms with van der Waals surface area (Å²) in [7, 11) is 4.65. The SMILES string of the molecule is COc1cc(/C=C/C(=O)c2ccc(-n3cccn3)cc2)cc(OC)c1OC. The van der Waals surface area contributed by atoms with E-state index in [1.54, 1.807) is 62.5 Å². The zero-order valence-corrected chi connectivity index (χ0v) is 15.4. The molecule has 6 heteroatoms. The summed E-state index contributed by atoms with van der Waals surface area (Å²) in [5.74, 6) is 1.48. The number of hydrogen-bond acceptors (Lipinski definition) is 5. The van der Waals surface area contributed by atoms with Crippen molar-refractivity contribution in [2.75, 3.05) is 21.3 Å². The van der Waals surface area contributed by atoms with Crippen LogP contribution >= 0.6 is 0 Å². The molecule has 0 N–H and O–H groups in total. The maximum atomic E-state index is 12.5. The van der Waals surface area contributed by atoms with E-state index < -0.39 is 0 Å². The molecule has 0 amide bonds. The Morgan fingerprint density at radius 3 is 2.19 bits per heavy atom. The molecule has 3 rings (SSSR count). The van der Waals surface area contributed by atoms with Gasteiger partial charge in [-0.2, -0.15) is 5.10 Å². The predicted octanol–water partition coefficient (Wildman–Crippen LogP) is 3.79. The average molecular weight is 364 g/mol. The summed E-state index contributed by atoms with van der Waals surface area (Å²) in [6.45, 7) is 0. The second-order valence-corrected chi connectivity index (χ2v) is 5.65. The molecule has 0 aliphatic carbocycles. The third-order valence-electron chi connectivity index (χ3n) is 4.03. The predicted molar refractivity (Wildman–Crippen MR) is 103 cm³/mol. The van der Waals surface area contributed by atoms with Gasteiger partial charge in [0.1, 0.15) is 0 Å². The van der Waals surface area contributed by atoms with Gasteiger partial charge in [-0.15, -0.1) is 0 Å². The molecular weight excluding hydrogens is 344 g/mol. The van der Waals surface area contributed by atoms with Crippen molar-refractivity contribution in [1.82, 2.24) is 9.78 Å². The van der Waals surface area contributed by atoms with Crippen LogP contribution in [-0.4, -0.2) is 36.9 Å². The molecule has 3 aromatic rings. The van der Waals surface area contributed by atoms with Gasteiger partial charge in [-0.1, -0.05) is 6.08 Å². The molecular formula is C21H20N2O4. The van der Waals surface area contributed by atoms with Gasteiger partial charge in [-0.3, -0.25) is 4.79 Å². The number of ether oxygens (including phenoxy) is 3. The number of ketones is 1. The second-order valence-electron chi connectivity index (χ2n) is 5.65. The second kappa shape index (κ2) is 8.23. The fraction of sp³-hybridized carbons (Fsp3) is 0.143. The number of rotatable bonds is 7. The minimum absolute atomic E-state index is 0.101. The highest BCUT2D eigenvalue weighted by atomic mass is 16.5. The van der Waals surface area contributed by atoms with Crippen LogP contribution in [0.15, 0.2) is 60.9 Å². The van der Waals surface area contributed by atoms with Crippen molar-refractivity contribution in [3.63, 3.8) is 0 Å². The molecule has 0 bridgehead atoms. The number of carbonyl (C=O) groups is 1. The first-order chi connectivity index (χ1) is 13.2. The van der Waals surface area contributed by atoms with Gasteiger partial charge in [-0.25, -0.2) is 4.68 Å². The van der Waals surface area contributed by atoms with Crippen molar-refractivity contribution >= 4 is 11.9 Å². The number of methoxy groups -OCH3 is 3. The van der Waals surface area contributed by atoms with Crippen LogP contribution in [0.3, 0.4) is 0 Å². The summed E-state index contributed by atoms with van der Waals surface area (Å²) in [6.07, 6.45) is 6.79. The Kier molecular flexibility index (Phi) is 5.56. The molecule has 1 heterocycles. The standard InChI is InChI=1S/C21H20N2O4/c1-25-19-13-15(14-20(26-2)21(19)27-3)5-10-18(24)16-6-8-17(9-7-16)23-12-4-11-22-23/h4-14H,1-3H3/b10-5+. The quantitative estimate of drug-likeness (QED) is 0.471. The zero-order chi connectivity index (χ0) is 19.2. The fourth-order valence-corrected chi connectivity index (χ4v) is 2.67. The summed E-state index contributed by atoms with van der Waals surface area (Å²) in [5.41, 5.74) is 2.26. The van der Waals surface area contributed by atoms with Crippen LogP contribution < -0.4 is 14.2 Å². The molecule has 0 aliphatic rings. The molecule has 0 atom stereocenters. The molecule has 6 nitrogen and oxygen atoms in total. The number of allylic oxidation sites excluding steroid dienone is 1. The van der Waals surface area contributed by atoms with Crippen LogP contribution in [0.5, 0.6) is 17.2 Å². The van der Waals surface area contributed by atoms with E-state index in [2.05, 4.69) is 5.10 Å². The Hall–Kier alpha value is -3.54. The van der Waals surface area contributed by atoms with Crippen molar-refractivity contribution in [3.05, 3.63) is 72.1 Å². The van der Waals surface area contributed by atoms with Crippen LogP contribution in [0, 0.1) is 0 Å². The van der Waals surface area contributed by atoms with E-state index in [9.17, 15) is 4.79 Å². The first-order valence-corrected chi connectivity index (χ1v) is 8.28. The topological polar surface area (TPSA) is 62.6 Å². The van der Waals surface area contributed by atoms with E-state index >= 15 is 0 Å². The Bertz CT molecular complexity index is 920. The number of aromatic nitrogens is 2. The van der Waals surface area contributed by atoms with E-state index in [0.29, 0.717) is 22.8 Å². The van der Waals surface area contributed by atoms with Gasteiger partial charge in [0.15, 0.2) is 17.3 Å². The first kappa shape index (κ1) is 18.3. The van der Waals surface area contributed by atoms with E-state index in [-0.39, 0.29) is 5.78 Å². The largest absolute Gasteiger partial charge is 0.493 e. The van der Waals surface area contributed by atoms with Gasteiger partial charge in [0, 0.05) is 18.0 Å². The fourth-order valence-electron chi connectivity index (χ4n) is 2.67. The van der Waals surface area contributed by atoms with Crippen molar-refractivity contribution in [2.45, 2.75) is 0 Å². The van der Waals surface area contributed by atoms with Gasteiger partial charge < -0.3 is 14.2 Å². The van der Waals surface area contributed by atoms with Crippen LogP contribution in [0.1, 0.15) is 15.9 Å². The number of hydrogen-bond donors (Lipinski definition) is 0. The lowest BCUT2D eigenvalue weighted by Gasteiger charge is -2.12. The lowest BCUT2D eigenvalue weighted by atomic mass is 10.1. The highest BCUT2D eigenvalue weighted by Crippen LogP contribution is 2.38. The normalized spacial score (nSPS) is 10.8. The smallest absolute Gasteiger partial charge is 0.203 e. The highest BCUT2D eigenvalue weighted by Gasteiger charge is 2.12. The maximum Gasteiger partial charge on any atom is 0.203 e. The molecule has 0 radical (unpaired) electrons. The molecule has 2 aromatic carbocycles. The van der Waals surface area contributed by atoms with Crippen molar-refractivity contribution < 1.29 is 19.0 Å². The number of nitrogens with zero attached hydrogens (tertiary/aromatic N) is 2. The van der Waals surface area contributed by atoms with Crippen LogP contribution in [-0.2, 0) is 0 Å². The van der Waals surface area contributed by atoms with Crippen molar-refractivity contribution in [3.8, 4) is 22.9 Å². The van der Waals surface area contributed by atoms with Crippen LogP contribution in [0.25, 0.3) is 11.8 Å². The van der Waals surface area contributed by atoms with Crippen molar-refractivity contribution in [2.24, 2.45) is 0 Å². The molecule has 0 fully saturated rings. The van der Waals surface area contributed by atoms with E-state index in [0.717, 1.165) is 11.3 Å². The third-order valence-corrected chi connectivity index (χ3v) is 4.03. The third kappa shape index (κ3) is 4.00. The molecule has 0 spiro atoms. The Morgan fingerprint density at radius 2 is 1.67 bits per heavy atom. The molecule has 138 valence electrons. The minimum Gasteiger partial charge on any atom is -0.493 e. The molecule has 0 unspecified atom stereocenters. The molecule has 0 aliphatic heterocycles. The molecule has 0 saturated heterocycles. The lowest BCUT2D eigenvalue weighted by molar-refractivity contribution is 0.104. The van der Waals surface area contributed by atoms with Gasteiger partial charge in [0.2, 0.25) is 5.75 Å². The Balaban J connectivity index is 1.80. The Labute approximate surface area is 157 Å². The maximum absolute atomic E-state index is 12.5. The Morgan fingerprint density at radius 1 is 1.00 bits per heavy atom. The van der Waals surface area contributed by atoms with Gasteiger partial charge in [-0.05, 0) is 54.1 Å². The van der Waals surface area contributed by atoms with Gasteiger partial charge in [0.05, 0.1) is 27.0 Å². The van der Waals surface area contributed by atoms with Gasteiger partial charge in [0.25, 0.3) is 0 Å². The van der Waals surface area contributed by atoms with E-state index in [4.69, 9.17) is 14.2 Å². The molecule has 0 saturated carbocycles. The zero-order valence-electron chi connectivity index (χ0n) is 15.4. The van der Waals surface area contributed by atoms with Crippen LogP contribution in [0.4, 0.5) is 0 Å². The number of carbonyl (C=O) groups excluding carboxylic acids is 1. The average Bonchev–Trinajstić information content (AvgIpc) is 3.26. The summed E-state index contributed by atoms with van der Waals surface area (Å²) in [4.78, 5) is 12.5. The summed E-state index contributed by atoms with van der Waals surface area (Å²) < 4.78 is 17.7. The van der Waals surface area contributed by atoms with E-state index in [1.165, 1.54) is 6.08 Å². The van der Waals surface area contributed by atoms with Crippen molar-refractivity contribution in [1.29, 1.82) is 0 Å². The summed E-state index contributed by atoms with van der Waals surface area (Å²) in [5, 5.41) is 4.17. The lowest BCUT2D eigenvalue weighted by Crippen LogP contribution is -1.98. The number of benzene rings is 2. The monoisotopic (exact) mass is 364 g/mol. The molecule has 27 heavy (non-hydrogen) atoms. The highest BCUT2D eigenvalue weighted by molar-refractivity contribution is 6.06. The van der Waals surface area contributed by atoms with Crippen LogP contribution in [0.2, 0.25) is 0 Å². The molecule has 1 aromatic heterocycles.